The zero-order valence-corrected chi connectivity index (χ0v) is 16.4. The summed E-state index contributed by atoms with van der Waals surface area (Å²) in [6.07, 6.45) is -1.07. The first-order valence-corrected chi connectivity index (χ1v) is 8.70. The third kappa shape index (κ3) is 4.30. The highest BCUT2D eigenvalue weighted by Crippen LogP contribution is 2.29. The molecule has 150 valence electrons. The lowest BCUT2D eigenvalue weighted by Crippen LogP contribution is -2.30. The van der Waals surface area contributed by atoms with Crippen molar-refractivity contribution >= 4 is 23.3 Å². The number of anilines is 1. The first kappa shape index (κ1) is 20.9. The average Bonchev–Trinajstić information content (AvgIpc) is 2.95. The minimum absolute atomic E-state index is 0.132. The second kappa shape index (κ2) is 8.55. The lowest BCUT2D eigenvalue weighted by Gasteiger charge is -2.15. The number of rotatable bonds is 7. The number of nitro groups is 1. The van der Waals surface area contributed by atoms with Crippen molar-refractivity contribution in [2.75, 3.05) is 12.4 Å². The van der Waals surface area contributed by atoms with Crippen LogP contribution in [0.5, 0.6) is 5.75 Å². The lowest BCUT2D eigenvalue weighted by molar-refractivity contribution is -0.384. The van der Waals surface area contributed by atoms with Crippen molar-refractivity contribution in [3.8, 4) is 5.75 Å². The molecule has 0 bridgehead atoms. The standard InChI is InChI=1S/C19H23N3O6/c1-6-21-11(2)9-15(12(21)3)19(24)28-13(4)18(23)20-16-8-7-14(22(25)26)10-17(16)27-5/h7-10,13H,6H2,1-5H3,(H,20,23)/t13-/m0/s1. The van der Waals surface area contributed by atoms with E-state index in [0.717, 1.165) is 17.9 Å². The van der Waals surface area contributed by atoms with E-state index in [4.69, 9.17) is 9.47 Å². The summed E-state index contributed by atoms with van der Waals surface area (Å²) in [5.74, 6) is -1.04. The highest BCUT2D eigenvalue weighted by Gasteiger charge is 2.23. The van der Waals surface area contributed by atoms with Crippen LogP contribution in [0.4, 0.5) is 11.4 Å². The molecule has 1 amide bonds. The first-order chi connectivity index (χ1) is 13.2. The maximum atomic E-state index is 12.4. The first-order valence-electron chi connectivity index (χ1n) is 8.70. The second-order valence-corrected chi connectivity index (χ2v) is 6.21. The number of nitro benzene ring substituents is 1. The van der Waals surface area contributed by atoms with E-state index >= 15 is 0 Å². The molecule has 0 aliphatic heterocycles. The van der Waals surface area contributed by atoms with Crippen LogP contribution in [-0.2, 0) is 16.1 Å². The van der Waals surface area contributed by atoms with Gasteiger partial charge in [-0.15, -0.1) is 0 Å². The molecule has 0 saturated heterocycles. The monoisotopic (exact) mass is 389 g/mol. The van der Waals surface area contributed by atoms with E-state index in [1.54, 1.807) is 6.07 Å². The zero-order chi connectivity index (χ0) is 21.0. The van der Waals surface area contributed by atoms with Crippen LogP contribution in [0, 0.1) is 24.0 Å². The number of aryl methyl sites for hydroxylation is 1. The minimum Gasteiger partial charge on any atom is -0.494 e. The van der Waals surface area contributed by atoms with Crippen LogP contribution in [0.15, 0.2) is 24.3 Å². The molecule has 1 aromatic heterocycles. The molecule has 0 saturated carbocycles. The van der Waals surface area contributed by atoms with Crippen LogP contribution in [0.3, 0.4) is 0 Å². The Hall–Kier alpha value is -3.36. The molecule has 0 aliphatic rings. The molecule has 1 heterocycles. The zero-order valence-electron chi connectivity index (χ0n) is 16.4. The fourth-order valence-corrected chi connectivity index (χ4v) is 2.90. The molecule has 0 spiro atoms. The van der Waals surface area contributed by atoms with Gasteiger partial charge in [0.2, 0.25) is 0 Å². The van der Waals surface area contributed by atoms with Gasteiger partial charge in [0.05, 0.1) is 29.4 Å². The molecular formula is C19H23N3O6. The molecule has 2 aromatic rings. The fraction of sp³-hybridized carbons (Fsp3) is 0.368. The number of methoxy groups -OCH3 is 1. The summed E-state index contributed by atoms with van der Waals surface area (Å²) in [5.41, 5.74) is 2.19. The Bertz CT molecular complexity index is 919. The highest BCUT2D eigenvalue weighted by atomic mass is 16.6. The third-order valence-electron chi connectivity index (χ3n) is 4.42. The molecule has 1 aromatic carbocycles. The van der Waals surface area contributed by atoms with Crippen LogP contribution in [-0.4, -0.2) is 34.6 Å². The number of carbonyl (C=O) groups excluding carboxylic acids is 2. The maximum Gasteiger partial charge on any atom is 0.340 e. The van der Waals surface area contributed by atoms with E-state index in [-0.39, 0.29) is 17.1 Å². The summed E-state index contributed by atoms with van der Waals surface area (Å²) in [6.45, 7) is 7.86. The molecule has 28 heavy (non-hydrogen) atoms. The summed E-state index contributed by atoms with van der Waals surface area (Å²) in [6, 6.07) is 5.53. The number of esters is 1. The van der Waals surface area contributed by atoms with E-state index in [1.807, 2.05) is 25.3 Å². The number of amides is 1. The molecule has 0 fully saturated rings. The predicted octanol–water partition coefficient (Wildman–Crippen LogP) is 3.23. The van der Waals surface area contributed by atoms with Crippen molar-refractivity contribution < 1.29 is 24.0 Å². The topological polar surface area (TPSA) is 113 Å². The van der Waals surface area contributed by atoms with E-state index < -0.39 is 22.9 Å². The van der Waals surface area contributed by atoms with Crippen LogP contribution in [0.1, 0.15) is 35.6 Å². The van der Waals surface area contributed by atoms with Gasteiger partial charge in [0.25, 0.3) is 11.6 Å². The fourth-order valence-electron chi connectivity index (χ4n) is 2.90. The summed E-state index contributed by atoms with van der Waals surface area (Å²) in [7, 11) is 1.33. The van der Waals surface area contributed by atoms with Gasteiger partial charge >= 0.3 is 5.97 Å². The molecule has 9 nitrogen and oxygen atoms in total. The van der Waals surface area contributed by atoms with Crippen molar-refractivity contribution in [2.24, 2.45) is 0 Å². The lowest BCUT2D eigenvalue weighted by atomic mass is 10.2. The van der Waals surface area contributed by atoms with Gasteiger partial charge in [-0.2, -0.15) is 0 Å². The van der Waals surface area contributed by atoms with Crippen molar-refractivity contribution in [1.29, 1.82) is 0 Å². The van der Waals surface area contributed by atoms with Crippen LogP contribution in [0.25, 0.3) is 0 Å². The smallest absolute Gasteiger partial charge is 0.340 e. The maximum absolute atomic E-state index is 12.4. The second-order valence-electron chi connectivity index (χ2n) is 6.21. The molecule has 2 rings (SSSR count). The van der Waals surface area contributed by atoms with Gasteiger partial charge in [-0.3, -0.25) is 14.9 Å². The number of non-ortho nitro benzene ring substituents is 1. The number of hydrogen-bond acceptors (Lipinski definition) is 6. The number of nitrogens with zero attached hydrogens (tertiary/aromatic N) is 2. The van der Waals surface area contributed by atoms with Gasteiger partial charge in [0.15, 0.2) is 6.10 Å². The van der Waals surface area contributed by atoms with Gasteiger partial charge < -0.3 is 19.4 Å². The summed E-state index contributed by atoms with van der Waals surface area (Å²) < 4.78 is 12.3. The largest absolute Gasteiger partial charge is 0.494 e. The third-order valence-corrected chi connectivity index (χ3v) is 4.42. The average molecular weight is 389 g/mol. The van der Waals surface area contributed by atoms with Crippen LogP contribution in [0.2, 0.25) is 0 Å². The Morgan fingerprint density at radius 2 is 1.96 bits per heavy atom. The molecule has 1 atom stereocenters. The van der Waals surface area contributed by atoms with E-state index in [0.29, 0.717) is 5.56 Å². The van der Waals surface area contributed by atoms with Gasteiger partial charge in [-0.25, -0.2) is 4.79 Å². The Morgan fingerprint density at radius 3 is 2.50 bits per heavy atom. The summed E-state index contributed by atoms with van der Waals surface area (Å²) in [4.78, 5) is 35.1. The number of nitrogens with one attached hydrogen (secondary N) is 1. The van der Waals surface area contributed by atoms with E-state index in [9.17, 15) is 19.7 Å². The Kier molecular flexibility index (Phi) is 6.40. The Labute approximate surface area is 162 Å². The van der Waals surface area contributed by atoms with Gasteiger partial charge in [-0.1, -0.05) is 0 Å². The van der Waals surface area contributed by atoms with Gasteiger partial charge in [0.1, 0.15) is 5.75 Å². The van der Waals surface area contributed by atoms with Crippen LogP contribution < -0.4 is 10.1 Å². The minimum atomic E-state index is -1.07. The Balaban J connectivity index is 2.11. The Morgan fingerprint density at radius 1 is 1.29 bits per heavy atom. The molecule has 0 unspecified atom stereocenters. The number of carbonyl (C=O) groups is 2. The quantitative estimate of drug-likeness (QED) is 0.442. The van der Waals surface area contributed by atoms with E-state index in [2.05, 4.69) is 5.32 Å². The van der Waals surface area contributed by atoms with Gasteiger partial charge in [0, 0.05) is 24.0 Å². The number of aromatic nitrogens is 1. The van der Waals surface area contributed by atoms with Crippen molar-refractivity contribution in [3.63, 3.8) is 0 Å². The predicted molar refractivity (Wildman–Crippen MR) is 103 cm³/mol. The normalized spacial score (nSPS) is 11.6. The summed E-state index contributed by atoms with van der Waals surface area (Å²) in [5, 5.41) is 13.4. The number of hydrogen-bond donors (Lipinski definition) is 1. The summed E-state index contributed by atoms with van der Waals surface area (Å²) >= 11 is 0. The van der Waals surface area contributed by atoms with Crippen molar-refractivity contribution in [3.05, 3.63) is 51.3 Å². The molecule has 9 heteroatoms. The molecular weight excluding hydrogens is 366 g/mol. The molecule has 0 aliphatic carbocycles. The molecule has 1 N–H and O–H groups in total. The van der Waals surface area contributed by atoms with Gasteiger partial charge in [-0.05, 0) is 39.8 Å². The highest BCUT2D eigenvalue weighted by molar-refractivity contribution is 5.98. The molecule has 0 radical (unpaired) electrons. The SMILES string of the molecule is CCn1c(C)cc(C(=O)O[C@@H](C)C(=O)Nc2ccc([N+](=O)[O-])cc2OC)c1C. The number of benzene rings is 1. The number of ether oxygens (including phenoxy) is 2. The van der Waals surface area contributed by atoms with Crippen molar-refractivity contribution in [1.82, 2.24) is 4.57 Å². The van der Waals surface area contributed by atoms with Crippen LogP contribution >= 0.6 is 0 Å². The van der Waals surface area contributed by atoms with Crippen molar-refractivity contribution in [2.45, 2.75) is 40.3 Å². The van der Waals surface area contributed by atoms with E-state index in [1.165, 1.54) is 32.2 Å².